The Labute approximate surface area is 195 Å². The summed E-state index contributed by atoms with van der Waals surface area (Å²) < 4.78 is 22.1. The minimum atomic E-state index is -2.37. The van der Waals surface area contributed by atoms with Gasteiger partial charge in [0, 0.05) is 28.9 Å². The number of aromatic nitrogens is 2. The van der Waals surface area contributed by atoms with E-state index in [1.807, 2.05) is 23.2 Å². The maximum Gasteiger partial charge on any atom is 0.153 e. The van der Waals surface area contributed by atoms with Crippen molar-refractivity contribution >= 4 is 27.4 Å². The van der Waals surface area contributed by atoms with E-state index in [4.69, 9.17) is 5.73 Å². The first kappa shape index (κ1) is 21.7. The average Bonchev–Trinajstić information content (AvgIpc) is 3.26. The fourth-order valence-corrected chi connectivity index (χ4v) is 5.47. The third-order valence-electron chi connectivity index (χ3n) is 6.56. The zero-order valence-corrected chi connectivity index (χ0v) is 19.3. The molecule has 0 bridgehead atoms. The highest BCUT2D eigenvalue weighted by Gasteiger charge is 2.23. The Hall–Kier alpha value is -3.16. The zero-order chi connectivity index (χ0) is 22.8. The number of benzene rings is 2. The fraction of sp³-hybridized carbons (Fsp3) is 0.269. The molecular formula is C26H28N4O2S. The Morgan fingerprint density at radius 3 is 2.55 bits per heavy atom. The number of rotatable bonds is 6. The maximum atomic E-state index is 11.0. The van der Waals surface area contributed by atoms with Crippen molar-refractivity contribution in [2.75, 3.05) is 24.7 Å². The second-order valence-corrected chi connectivity index (χ2v) is 9.74. The Morgan fingerprint density at radius 2 is 1.79 bits per heavy atom. The fourth-order valence-electron chi connectivity index (χ4n) is 4.87. The van der Waals surface area contributed by atoms with Gasteiger partial charge in [0.05, 0.1) is 5.88 Å². The molecule has 1 aliphatic heterocycles. The third kappa shape index (κ3) is 4.79. The van der Waals surface area contributed by atoms with Gasteiger partial charge >= 0.3 is 0 Å². The lowest BCUT2D eigenvalue weighted by atomic mass is 9.92. The highest BCUT2D eigenvalue weighted by Crippen LogP contribution is 2.36. The van der Waals surface area contributed by atoms with Crippen LogP contribution >= 0.6 is 0 Å². The molecule has 1 fully saturated rings. The van der Waals surface area contributed by atoms with E-state index < -0.39 is 10.7 Å². The SMILES string of the molecule is Nc1ccc(Cc2ccccc2)c(-c2ccnc3[nH]c(C4CCN(C[SH](=O)=O)CC4)cc23)c1. The molecule has 0 aliphatic carbocycles. The first-order valence-corrected chi connectivity index (χ1v) is 12.7. The quantitative estimate of drug-likeness (QED) is 0.297. The first-order chi connectivity index (χ1) is 16.1. The smallest absolute Gasteiger partial charge is 0.153 e. The summed E-state index contributed by atoms with van der Waals surface area (Å²) in [6.07, 6.45) is 4.55. The molecule has 3 heterocycles. The van der Waals surface area contributed by atoms with Gasteiger partial charge in [0.1, 0.15) is 5.65 Å². The minimum Gasteiger partial charge on any atom is -0.399 e. The van der Waals surface area contributed by atoms with Crippen LogP contribution in [0, 0.1) is 0 Å². The van der Waals surface area contributed by atoms with Gasteiger partial charge in [-0.1, -0.05) is 36.4 Å². The monoisotopic (exact) mass is 460 g/mol. The summed E-state index contributed by atoms with van der Waals surface area (Å²) in [5, 5.41) is 1.09. The van der Waals surface area contributed by atoms with Gasteiger partial charge in [-0.2, -0.15) is 0 Å². The van der Waals surface area contributed by atoms with Crippen LogP contribution in [0.4, 0.5) is 5.69 Å². The molecule has 1 aliphatic rings. The maximum absolute atomic E-state index is 11.0. The number of aromatic amines is 1. The number of anilines is 1. The van der Waals surface area contributed by atoms with Crippen molar-refractivity contribution in [2.45, 2.75) is 25.2 Å². The predicted molar refractivity (Wildman–Crippen MR) is 134 cm³/mol. The van der Waals surface area contributed by atoms with Gasteiger partial charge in [-0.25, -0.2) is 13.4 Å². The van der Waals surface area contributed by atoms with Gasteiger partial charge in [0.2, 0.25) is 0 Å². The standard InChI is InChI=1S/C26H28N4O2S/c27-21-7-6-20(14-18-4-2-1-3-5-18)23(15-21)22-8-11-28-26-24(22)16-25(29-26)19-9-12-30(13-10-19)17-33(31)32/h1-8,11,15-16,19,33H,9-10,12-14,17,27H2,(H,28,29). The molecule has 1 saturated heterocycles. The second-order valence-electron chi connectivity index (χ2n) is 8.79. The summed E-state index contributed by atoms with van der Waals surface area (Å²) in [4.78, 5) is 10.1. The number of nitrogens with one attached hydrogen (secondary N) is 1. The van der Waals surface area contributed by atoms with E-state index in [-0.39, 0.29) is 5.88 Å². The number of hydrogen-bond donors (Lipinski definition) is 3. The Kier molecular flexibility index (Phi) is 6.15. The van der Waals surface area contributed by atoms with E-state index in [0.717, 1.165) is 60.2 Å². The van der Waals surface area contributed by atoms with Crippen molar-refractivity contribution in [3.05, 3.63) is 83.7 Å². The molecule has 0 unspecified atom stereocenters. The Balaban J connectivity index is 1.48. The number of piperidine rings is 1. The number of nitrogen functional groups attached to an aromatic ring is 1. The molecule has 0 radical (unpaired) electrons. The van der Waals surface area contributed by atoms with Crippen molar-refractivity contribution in [1.29, 1.82) is 0 Å². The van der Waals surface area contributed by atoms with Crippen LogP contribution < -0.4 is 5.73 Å². The van der Waals surface area contributed by atoms with Crippen LogP contribution in [0.3, 0.4) is 0 Å². The van der Waals surface area contributed by atoms with Crippen molar-refractivity contribution in [2.24, 2.45) is 0 Å². The topological polar surface area (TPSA) is 92.1 Å². The predicted octanol–water partition coefficient (Wildman–Crippen LogP) is 4.15. The second kappa shape index (κ2) is 9.37. The van der Waals surface area contributed by atoms with Crippen molar-refractivity contribution in [3.8, 4) is 11.1 Å². The number of hydrogen-bond acceptors (Lipinski definition) is 5. The van der Waals surface area contributed by atoms with Gasteiger partial charge in [-0.15, -0.1) is 0 Å². The molecule has 170 valence electrons. The summed E-state index contributed by atoms with van der Waals surface area (Å²) in [7, 11) is -2.37. The highest BCUT2D eigenvalue weighted by atomic mass is 32.2. The molecule has 0 saturated carbocycles. The summed E-state index contributed by atoms with van der Waals surface area (Å²) in [6.45, 7) is 1.58. The van der Waals surface area contributed by atoms with E-state index in [9.17, 15) is 8.42 Å². The molecule has 4 aromatic rings. The molecule has 7 heteroatoms. The Bertz CT molecular complexity index is 1330. The molecule has 2 aromatic carbocycles. The lowest BCUT2D eigenvalue weighted by Gasteiger charge is -2.29. The van der Waals surface area contributed by atoms with Gasteiger partial charge in [-0.3, -0.25) is 4.90 Å². The summed E-state index contributed by atoms with van der Waals surface area (Å²) in [5.41, 5.74) is 13.7. The largest absolute Gasteiger partial charge is 0.399 e. The highest BCUT2D eigenvalue weighted by molar-refractivity contribution is 7.72. The summed E-state index contributed by atoms with van der Waals surface area (Å²) >= 11 is 0. The van der Waals surface area contributed by atoms with Crippen LogP contribution in [0.5, 0.6) is 0 Å². The van der Waals surface area contributed by atoms with Crippen LogP contribution in [0.25, 0.3) is 22.2 Å². The number of likely N-dealkylation sites (tertiary alicyclic amines) is 1. The molecular weight excluding hydrogens is 432 g/mol. The first-order valence-electron chi connectivity index (χ1n) is 11.3. The van der Waals surface area contributed by atoms with Crippen LogP contribution in [0.1, 0.15) is 35.6 Å². The van der Waals surface area contributed by atoms with Gasteiger partial charge in [0.25, 0.3) is 0 Å². The molecule has 0 amide bonds. The van der Waals surface area contributed by atoms with Crippen LogP contribution in [0.15, 0.2) is 66.9 Å². The number of nitrogens with two attached hydrogens (primary N) is 1. The van der Waals surface area contributed by atoms with Crippen molar-refractivity contribution in [1.82, 2.24) is 14.9 Å². The van der Waals surface area contributed by atoms with Gasteiger partial charge < -0.3 is 10.7 Å². The minimum absolute atomic E-state index is 0.153. The van der Waals surface area contributed by atoms with Crippen LogP contribution in [0.2, 0.25) is 0 Å². The number of H-pyrrole nitrogens is 1. The van der Waals surface area contributed by atoms with E-state index in [0.29, 0.717) is 5.92 Å². The lowest BCUT2D eigenvalue weighted by molar-refractivity contribution is 0.241. The number of nitrogens with zero attached hydrogens (tertiary/aromatic N) is 2. The Morgan fingerprint density at radius 1 is 1.00 bits per heavy atom. The van der Waals surface area contributed by atoms with Crippen LogP contribution in [-0.4, -0.2) is 42.3 Å². The number of pyridine rings is 1. The van der Waals surface area contributed by atoms with Crippen LogP contribution in [-0.2, 0) is 17.1 Å². The summed E-state index contributed by atoms with van der Waals surface area (Å²) in [5.74, 6) is 0.526. The molecule has 2 aromatic heterocycles. The normalized spacial score (nSPS) is 15.4. The lowest BCUT2D eigenvalue weighted by Crippen LogP contribution is -2.34. The van der Waals surface area contributed by atoms with E-state index >= 15 is 0 Å². The molecule has 0 spiro atoms. The van der Waals surface area contributed by atoms with E-state index in [1.165, 1.54) is 16.8 Å². The zero-order valence-electron chi connectivity index (χ0n) is 18.4. The van der Waals surface area contributed by atoms with Gasteiger partial charge in [-0.05, 0) is 78.9 Å². The van der Waals surface area contributed by atoms with Crippen molar-refractivity contribution < 1.29 is 8.42 Å². The molecule has 5 rings (SSSR count). The summed E-state index contributed by atoms with van der Waals surface area (Å²) in [6, 6.07) is 20.9. The van der Waals surface area contributed by atoms with E-state index in [2.05, 4.69) is 58.5 Å². The number of fused-ring (bicyclic) bond motifs is 1. The molecule has 3 N–H and O–H groups in total. The van der Waals surface area contributed by atoms with E-state index in [1.54, 1.807) is 0 Å². The van der Waals surface area contributed by atoms with Gasteiger partial charge in [0.15, 0.2) is 10.7 Å². The molecule has 0 atom stereocenters. The third-order valence-corrected chi connectivity index (χ3v) is 7.19. The van der Waals surface area contributed by atoms with Crippen molar-refractivity contribution in [3.63, 3.8) is 0 Å². The average molecular weight is 461 g/mol. The number of thiol groups is 1. The molecule has 6 nitrogen and oxygen atoms in total. The molecule has 33 heavy (non-hydrogen) atoms.